The number of anilines is 2. The van der Waals surface area contributed by atoms with E-state index in [4.69, 9.17) is 16.3 Å². The van der Waals surface area contributed by atoms with Gasteiger partial charge < -0.3 is 9.64 Å². The smallest absolute Gasteiger partial charge is 0.257 e. The summed E-state index contributed by atoms with van der Waals surface area (Å²) in [5.41, 5.74) is 3.10. The summed E-state index contributed by atoms with van der Waals surface area (Å²) < 4.78 is 5.87. The lowest BCUT2D eigenvalue weighted by Crippen LogP contribution is -2.29. The predicted octanol–water partition coefficient (Wildman–Crippen LogP) is 4.54. The minimum absolute atomic E-state index is 0.185. The summed E-state index contributed by atoms with van der Waals surface area (Å²) in [7, 11) is 2.01. The standard InChI is InChI=1S/C19H16ClN3O2S/c1-23-7-8-25-17-14(9-13(20)10-16(17)23)15-11-26-19(21-15)22-18(24)12-5-3-2-4-6-12/h2-6,9-11H,7-8H2,1H3,(H,21,22,24). The Bertz CT molecular complexity index is 959. The number of carbonyl (C=O) groups excluding carboxylic acids is 1. The third-order valence-corrected chi connectivity index (χ3v) is 5.13. The fourth-order valence-corrected chi connectivity index (χ4v) is 3.74. The van der Waals surface area contributed by atoms with Crippen LogP contribution in [-0.4, -0.2) is 31.1 Å². The molecule has 0 bridgehead atoms. The van der Waals surface area contributed by atoms with Crippen LogP contribution in [0, 0.1) is 0 Å². The van der Waals surface area contributed by atoms with Crippen molar-refractivity contribution in [3.63, 3.8) is 0 Å². The average Bonchev–Trinajstić information content (AvgIpc) is 3.11. The van der Waals surface area contributed by atoms with Gasteiger partial charge in [-0.1, -0.05) is 29.8 Å². The van der Waals surface area contributed by atoms with Gasteiger partial charge in [0.05, 0.1) is 17.9 Å². The maximum absolute atomic E-state index is 12.3. The van der Waals surface area contributed by atoms with Crippen molar-refractivity contribution in [2.75, 3.05) is 30.4 Å². The molecule has 0 aliphatic carbocycles. The zero-order valence-corrected chi connectivity index (χ0v) is 15.6. The predicted molar refractivity (Wildman–Crippen MR) is 106 cm³/mol. The molecule has 7 heteroatoms. The first-order valence-corrected chi connectivity index (χ1v) is 9.37. The monoisotopic (exact) mass is 385 g/mol. The lowest BCUT2D eigenvalue weighted by atomic mass is 10.1. The molecule has 1 aliphatic rings. The van der Waals surface area contributed by atoms with Gasteiger partial charge >= 0.3 is 0 Å². The number of fused-ring (bicyclic) bond motifs is 1. The van der Waals surface area contributed by atoms with E-state index in [0.29, 0.717) is 22.3 Å². The van der Waals surface area contributed by atoms with Crippen LogP contribution in [0.1, 0.15) is 10.4 Å². The number of likely N-dealkylation sites (N-methyl/N-ethyl adjacent to an activating group) is 1. The molecule has 2 aromatic carbocycles. The number of carbonyl (C=O) groups is 1. The van der Waals surface area contributed by atoms with E-state index in [1.54, 1.807) is 12.1 Å². The summed E-state index contributed by atoms with van der Waals surface area (Å²) in [6.45, 7) is 1.42. The van der Waals surface area contributed by atoms with Crippen LogP contribution in [0.15, 0.2) is 47.8 Å². The molecule has 0 saturated carbocycles. The first-order valence-electron chi connectivity index (χ1n) is 8.11. The number of aromatic nitrogens is 1. The number of nitrogens with one attached hydrogen (secondary N) is 1. The van der Waals surface area contributed by atoms with E-state index in [0.717, 1.165) is 29.2 Å². The lowest BCUT2D eigenvalue weighted by molar-refractivity contribution is 0.102. The van der Waals surface area contributed by atoms with Crippen molar-refractivity contribution in [3.05, 3.63) is 58.4 Å². The number of nitrogens with zero attached hydrogens (tertiary/aromatic N) is 2. The molecule has 2 heterocycles. The summed E-state index contributed by atoms with van der Waals surface area (Å²) in [6.07, 6.45) is 0. The zero-order chi connectivity index (χ0) is 18.1. The molecule has 5 nitrogen and oxygen atoms in total. The largest absolute Gasteiger partial charge is 0.489 e. The second-order valence-electron chi connectivity index (χ2n) is 5.93. The van der Waals surface area contributed by atoms with E-state index in [9.17, 15) is 4.79 Å². The second-order valence-corrected chi connectivity index (χ2v) is 7.22. The van der Waals surface area contributed by atoms with Crippen LogP contribution in [-0.2, 0) is 0 Å². The minimum Gasteiger partial charge on any atom is -0.489 e. The van der Waals surface area contributed by atoms with Gasteiger partial charge in [0.25, 0.3) is 5.91 Å². The fourth-order valence-electron chi connectivity index (χ4n) is 2.82. The van der Waals surface area contributed by atoms with E-state index < -0.39 is 0 Å². The van der Waals surface area contributed by atoms with Crippen molar-refractivity contribution >= 4 is 39.7 Å². The fraction of sp³-hybridized carbons (Fsp3) is 0.158. The number of ether oxygens (including phenoxy) is 1. The van der Waals surface area contributed by atoms with Crippen LogP contribution in [0.4, 0.5) is 10.8 Å². The van der Waals surface area contributed by atoms with Crippen LogP contribution in [0.2, 0.25) is 5.02 Å². The van der Waals surface area contributed by atoms with Crippen molar-refractivity contribution in [2.45, 2.75) is 0 Å². The summed E-state index contributed by atoms with van der Waals surface area (Å²) in [6, 6.07) is 12.8. The molecule has 0 saturated heterocycles. The van der Waals surface area contributed by atoms with Gasteiger partial charge in [-0.05, 0) is 24.3 Å². The highest BCUT2D eigenvalue weighted by Gasteiger charge is 2.22. The highest BCUT2D eigenvalue weighted by Crippen LogP contribution is 2.43. The van der Waals surface area contributed by atoms with Crippen LogP contribution in [0.3, 0.4) is 0 Å². The SMILES string of the molecule is CN1CCOc2c(-c3csc(NC(=O)c4ccccc4)n3)cc(Cl)cc21. The maximum Gasteiger partial charge on any atom is 0.257 e. The lowest BCUT2D eigenvalue weighted by Gasteiger charge is -2.29. The number of hydrogen-bond acceptors (Lipinski definition) is 5. The van der Waals surface area contributed by atoms with E-state index >= 15 is 0 Å². The number of halogens is 1. The van der Waals surface area contributed by atoms with Gasteiger partial charge in [0.15, 0.2) is 10.9 Å². The van der Waals surface area contributed by atoms with Crippen LogP contribution >= 0.6 is 22.9 Å². The molecule has 0 unspecified atom stereocenters. The van der Waals surface area contributed by atoms with Gasteiger partial charge in [0.1, 0.15) is 6.61 Å². The molecule has 1 amide bonds. The molecule has 0 fully saturated rings. The Labute approximate surface area is 160 Å². The van der Waals surface area contributed by atoms with Crippen molar-refractivity contribution in [1.29, 1.82) is 0 Å². The zero-order valence-electron chi connectivity index (χ0n) is 14.0. The highest BCUT2D eigenvalue weighted by molar-refractivity contribution is 7.14. The topological polar surface area (TPSA) is 54.5 Å². The summed E-state index contributed by atoms with van der Waals surface area (Å²) in [5.74, 6) is 0.588. The molecule has 0 spiro atoms. The molecule has 1 aliphatic heterocycles. The third kappa shape index (κ3) is 3.25. The Balaban J connectivity index is 1.64. The number of thiazole rings is 1. The maximum atomic E-state index is 12.3. The molecular weight excluding hydrogens is 370 g/mol. The van der Waals surface area contributed by atoms with Crippen molar-refractivity contribution in [3.8, 4) is 17.0 Å². The molecule has 26 heavy (non-hydrogen) atoms. The van der Waals surface area contributed by atoms with Crippen molar-refractivity contribution < 1.29 is 9.53 Å². The van der Waals surface area contributed by atoms with Crippen molar-refractivity contribution in [2.24, 2.45) is 0 Å². The Morgan fingerprint density at radius 3 is 2.92 bits per heavy atom. The minimum atomic E-state index is -0.185. The first-order chi connectivity index (χ1) is 12.6. The summed E-state index contributed by atoms with van der Waals surface area (Å²) >= 11 is 7.66. The van der Waals surface area contributed by atoms with Crippen LogP contribution < -0.4 is 15.0 Å². The Morgan fingerprint density at radius 1 is 1.31 bits per heavy atom. The normalized spacial score (nSPS) is 13.1. The van der Waals surface area contributed by atoms with E-state index in [-0.39, 0.29) is 5.91 Å². The molecule has 1 N–H and O–H groups in total. The molecule has 4 rings (SSSR count). The molecule has 132 valence electrons. The summed E-state index contributed by atoms with van der Waals surface area (Å²) in [4.78, 5) is 19.0. The second kappa shape index (κ2) is 6.97. The van der Waals surface area contributed by atoms with E-state index in [1.165, 1.54) is 11.3 Å². The van der Waals surface area contributed by atoms with Gasteiger partial charge in [-0.15, -0.1) is 11.3 Å². The van der Waals surface area contributed by atoms with Crippen LogP contribution in [0.25, 0.3) is 11.3 Å². The van der Waals surface area contributed by atoms with Gasteiger partial charge in [-0.3, -0.25) is 10.1 Å². The molecule has 1 aromatic heterocycles. The number of amides is 1. The van der Waals surface area contributed by atoms with E-state index in [1.807, 2.05) is 42.8 Å². The Hall–Kier alpha value is -2.57. The molecule has 3 aromatic rings. The Kier molecular flexibility index (Phi) is 4.53. The molecule has 0 atom stereocenters. The first kappa shape index (κ1) is 16.9. The van der Waals surface area contributed by atoms with Gasteiger partial charge in [0.2, 0.25) is 0 Å². The average molecular weight is 386 g/mol. The quantitative estimate of drug-likeness (QED) is 0.718. The Morgan fingerprint density at radius 2 is 2.12 bits per heavy atom. The van der Waals surface area contributed by atoms with Gasteiger partial charge in [-0.2, -0.15) is 0 Å². The van der Waals surface area contributed by atoms with Gasteiger partial charge in [-0.25, -0.2) is 4.98 Å². The highest BCUT2D eigenvalue weighted by atomic mass is 35.5. The summed E-state index contributed by atoms with van der Waals surface area (Å²) in [5, 5.41) is 5.89. The van der Waals surface area contributed by atoms with Crippen molar-refractivity contribution in [1.82, 2.24) is 4.98 Å². The van der Waals surface area contributed by atoms with Crippen LogP contribution in [0.5, 0.6) is 5.75 Å². The number of hydrogen-bond donors (Lipinski definition) is 1. The number of rotatable bonds is 3. The van der Waals surface area contributed by atoms with Gasteiger partial charge in [0, 0.05) is 28.6 Å². The number of benzene rings is 2. The molecule has 0 radical (unpaired) electrons. The third-order valence-electron chi connectivity index (χ3n) is 4.16. The van der Waals surface area contributed by atoms with E-state index in [2.05, 4.69) is 15.2 Å². The molecular formula is C19H16ClN3O2S.